The summed E-state index contributed by atoms with van der Waals surface area (Å²) in [7, 11) is 0. The van der Waals surface area contributed by atoms with Crippen LogP contribution in [0, 0.1) is 0 Å². The molecule has 0 fully saturated rings. The number of aliphatic hydroxyl groups is 1. The molecule has 4 nitrogen and oxygen atoms in total. The van der Waals surface area contributed by atoms with Crippen LogP contribution in [0.5, 0.6) is 0 Å². The zero-order valence-electron chi connectivity index (χ0n) is 8.24. The Morgan fingerprint density at radius 1 is 1.33 bits per heavy atom. The summed E-state index contributed by atoms with van der Waals surface area (Å²) in [6.07, 6.45) is 3.61. The van der Waals surface area contributed by atoms with Crippen LogP contribution < -0.4 is 5.73 Å². The molecule has 1 aromatic heterocycles. The van der Waals surface area contributed by atoms with Crippen LogP contribution in [0.3, 0.4) is 0 Å². The van der Waals surface area contributed by atoms with Gasteiger partial charge in [-0.15, -0.1) is 0 Å². The van der Waals surface area contributed by atoms with Gasteiger partial charge in [0.2, 0.25) is 0 Å². The maximum atomic E-state index is 8.90. The highest BCUT2D eigenvalue weighted by molar-refractivity contribution is 5.34. The molecule has 0 aliphatic carbocycles. The molecule has 3 N–H and O–H groups in total. The number of benzene rings is 1. The molecule has 1 aromatic carbocycles. The van der Waals surface area contributed by atoms with Crippen molar-refractivity contribution in [2.75, 3.05) is 6.61 Å². The minimum atomic E-state index is -0.309. The van der Waals surface area contributed by atoms with Gasteiger partial charge in [-0.3, -0.25) is 0 Å². The van der Waals surface area contributed by atoms with Crippen LogP contribution in [0.25, 0.3) is 5.69 Å². The van der Waals surface area contributed by atoms with Gasteiger partial charge in [0.1, 0.15) is 0 Å². The summed E-state index contributed by atoms with van der Waals surface area (Å²) >= 11 is 0. The fraction of sp³-hybridized carbons (Fsp3) is 0.182. The van der Waals surface area contributed by atoms with E-state index in [4.69, 9.17) is 10.8 Å². The van der Waals surface area contributed by atoms with Crippen molar-refractivity contribution in [3.63, 3.8) is 0 Å². The Hall–Kier alpha value is -1.65. The lowest BCUT2D eigenvalue weighted by molar-refractivity contribution is 0.268. The number of nitrogens with two attached hydrogens (primary N) is 1. The van der Waals surface area contributed by atoms with Crippen LogP contribution in [-0.4, -0.2) is 21.5 Å². The first-order chi connectivity index (χ1) is 7.31. The average molecular weight is 203 g/mol. The van der Waals surface area contributed by atoms with Crippen LogP contribution in [0.2, 0.25) is 0 Å². The molecular weight excluding hydrogens is 190 g/mol. The van der Waals surface area contributed by atoms with Crippen molar-refractivity contribution < 1.29 is 5.11 Å². The third-order valence-corrected chi connectivity index (χ3v) is 2.29. The first-order valence-corrected chi connectivity index (χ1v) is 4.77. The normalized spacial score (nSPS) is 12.7. The van der Waals surface area contributed by atoms with Crippen LogP contribution in [0.15, 0.2) is 42.7 Å². The third-order valence-electron chi connectivity index (χ3n) is 2.29. The Morgan fingerprint density at radius 3 is 2.60 bits per heavy atom. The number of hydrogen-bond donors (Lipinski definition) is 2. The number of aliphatic hydroxyl groups excluding tert-OH is 1. The topological polar surface area (TPSA) is 64.1 Å². The van der Waals surface area contributed by atoms with Crippen molar-refractivity contribution in [3.05, 3.63) is 48.3 Å². The molecule has 1 heterocycles. The summed E-state index contributed by atoms with van der Waals surface area (Å²) in [6.45, 7) is -0.0406. The summed E-state index contributed by atoms with van der Waals surface area (Å²) in [5.41, 5.74) is 7.60. The second kappa shape index (κ2) is 4.25. The molecule has 78 valence electrons. The lowest BCUT2D eigenvalue weighted by Gasteiger charge is -2.09. The standard InChI is InChI=1S/C11H13N3O/c12-11(8-15)9-2-4-10(5-3-9)14-7-1-6-13-14/h1-7,11,15H,8,12H2/t11-/m1/s1. The Labute approximate surface area is 88.0 Å². The fourth-order valence-corrected chi connectivity index (χ4v) is 1.40. The van der Waals surface area contributed by atoms with Gasteiger partial charge in [0, 0.05) is 12.4 Å². The van der Waals surface area contributed by atoms with Gasteiger partial charge in [0.15, 0.2) is 0 Å². The minimum absolute atomic E-state index is 0.0406. The maximum absolute atomic E-state index is 8.90. The van der Waals surface area contributed by atoms with Gasteiger partial charge in [0.05, 0.1) is 18.3 Å². The summed E-state index contributed by atoms with van der Waals surface area (Å²) in [5, 5.41) is 13.0. The molecule has 1 atom stereocenters. The second-order valence-electron chi connectivity index (χ2n) is 3.33. The largest absolute Gasteiger partial charge is 0.394 e. The fourth-order valence-electron chi connectivity index (χ4n) is 1.40. The van der Waals surface area contributed by atoms with E-state index in [0.717, 1.165) is 11.3 Å². The summed E-state index contributed by atoms with van der Waals surface area (Å²) in [4.78, 5) is 0. The van der Waals surface area contributed by atoms with Gasteiger partial charge < -0.3 is 10.8 Å². The molecule has 0 spiro atoms. The van der Waals surface area contributed by atoms with Crippen molar-refractivity contribution in [2.24, 2.45) is 5.73 Å². The van der Waals surface area contributed by atoms with E-state index in [1.54, 1.807) is 10.9 Å². The van der Waals surface area contributed by atoms with Crippen molar-refractivity contribution >= 4 is 0 Å². The third kappa shape index (κ3) is 2.06. The summed E-state index contributed by atoms with van der Waals surface area (Å²) in [6, 6.07) is 9.22. The molecule has 0 aliphatic rings. The van der Waals surface area contributed by atoms with Crippen molar-refractivity contribution in [1.29, 1.82) is 0 Å². The predicted octanol–water partition coefficient (Wildman–Crippen LogP) is 0.864. The van der Waals surface area contributed by atoms with Crippen LogP contribution in [-0.2, 0) is 0 Å². The molecule has 0 aliphatic heterocycles. The molecule has 15 heavy (non-hydrogen) atoms. The highest BCUT2D eigenvalue weighted by atomic mass is 16.3. The minimum Gasteiger partial charge on any atom is -0.394 e. The lowest BCUT2D eigenvalue weighted by atomic mass is 10.1. The summed E-state index contributed by atoms with van der Waals surface area (Å²) < 4.78 is 1.77. The molecule has 0 saturated heterocycles. The lowest BCUT2D eigenvalue weighted by Crippen LogP contribution is -2.14. The Morgan fingerprint density at radius 2 is 2.07 bits per heavy atom. The van der Waals surface area contributed by atoms with E-state index < -0.39 is 0 Å². The van der Waals surface area contributed by atoms with Gasteiger partial charge in [-0.05, 0) is 23.8 Å². The second-order valence-corrected chi connectivity index (χ2v) is 3.33. The number of hydrogen-bond acceptors (Lipinski definition) is 3. The van der Waals surface area contributed by atoms with E-state index in [1.807, 2.05) is 36.5 Å². The van der Waals surface area contributed by atoms with Gasteiger partial charge in [0.25, 0.3) is 0 Å². The monoisotopic (exact) mass is 203 g/mol. The first kappa shape index (κ1) is 9.89. The first-order valence-electron chi connectivity index (χ1n) is 4.77. The quantitative estimate of drug-likeness (QED) is 0.777. The Kier molecular flexibility index (Phi) is 2.80. The van der Waals surface area contributed by atoms with Gasteiger partial charge in [-0.2, -0.15) is 5.10 Å². The molecule has 2 aromatic rings. The number of nitrogens with zero attached hydrogens (tertiary/aromatic N) is 2. The van der Waals surface area contributed by atoms with Crippen LogP contribution in [0.1, 0.15) is 11.6 Å². The molecule has 0 radical (unpaired) electrons. The molecule has 0 bridgehead atoms. The van der Waals surface area contributed by atoms with Crippen molar-refractivity contribution in [1.82, 2.24) is 9.78 Å². The highest BCUT2D eigenvalue weighted by Crippen LogP contribution is 2.13. The molecule has 2 rings (SSSR count). The molecule has 0 unspecified atom stereocenters. The van der Waals surface area contributed by atoms with Crippen molar-refractivity contribution in [3.8, 4) is 5.69 Å². The molecule has 4 heteroatoms. The van der Waals surface area contributed by atoms with E-state index in [1.165, 1.54) is 0 Å². The van der Waals surface area contributed by atoms with E-state index in [9.17, 15) is 0 Å². The molecular formula is C11H13N3O. The number of aromatic nitrogens is 2. The van der Waals surface area contributed by atoms with E-state index in [2.05, 4.69) is 5.10 Å². The van der Waals surface area contributed by atoms with E-state index in [-0.39, 0.29) is 12.6 Å². The molecule has 0 amide bonds. The maximum Gasteiger partial charge on any atom is 0.0645 e. The predicted molar refractivity (Wildman–Crippen MR) is 57.6 cm³/mol. The van der Waals surface area contributed by atoms with Crippen LogP contribution >= 0.6 is 0 Å². The van der Waals surface area contributed by atoms with E-state index >= 15 is 0 Å². The zero-order valence-corrected chi connectivity index (χ0v) is 8.24. The zero-order chi connectivity index (χ0) is 10.7. The van der Waals surface area contributed by atoms with Crippen molar-refractivity contribution in [2.45, 2.75) is 6.04 Å². The summed E-state index contributed by atoms with van der Waals surface area (Å²) in [5.74, 6) is 0. The van der Waals surface area contributed by atoms with Gasteiger partial charge >= 0.3 is 0 Å². The molecule has 0 saturated carbocycles. The smallest absolute Gasteiger partial charge is 0.0645 e. The Balaban J connectivity index is 2.25. The highest BCUT2D eigenvalue weighted by Gasteiger charge is 2.03. The average Bonchev–Trinajstić information content (AvgIpc) is 2.82. The van der Waals surface area contributed by atoms with Gasteiger partial charge in [-0.1, -0.05) is 12.1 Å². The number of rotatable bonds is 3. The van der Waals surface area contributed by atoms with Gasteiger partial charge in [-0.25, -0.2) is 4.68 Å². The SMILES string of the molecule is N[C@H](CO)c1ccc(-n2cccn2)cc1. The van der Waals surface area contributed by atoms with E-state index in [0.29, 0.717) is 0 Å². The van der Waals surface area contributed by atoms with Crippen LogP contribution in [0.4, 0.5) is 0 Å². The Bertz CT molecular complexity index is 408.